The zero-order valence-electron chi connectivity index (χ0n) is 15.4. The number of nitrogens with two attached hydrogens (primary N) is 1. The van der Waals surface area contributed by atoms with Crippen LogP contribution in [0.3, 0.4) is 0 Å². The van der Waals surface area contributed by atoms with Crippen LogP contribution in [0.1, 0.15) is 43.9 Å². The Kier molecular flexibility index (Phi) is 6.63. The molecule has 0 heterocycles. The van der Waals surface area contributed by atoms with E-state index in [-0.39, 0.29) is 6.42 Å². The number of rotatable bonds is 5. The highest BCUT2D eigenvalue weighted by Crippen LogP contribution is 2.22. The second kappa shape index (κ2) is 8.04. The van der Waals surface area contributed by atoms with Crippen LogP contribution in [-0.4, -0.2) is 30.8 Å². The molecule has 0 aromatic heterocycles. The van der Waals surface area contributed by atoms with Gasteiger partial charge in [-0.2, -0.15) is 0 Å². The molecule has 1 aromatic carbocycles. The molecular weight excluding hydrogens is 308 g/mol. The van der Waals surface area contributed by atoms with Gasteiger partial charge in [0.1, 0.15) is 5.60 Å². The average molecular weight is 336 g/mol. The van der Waals surface area contributed by atoms with E-state index in [0.29, 0.717) is 12.1 Å². The summed E-state index contributed by atoms with van der Waals surface area (Å²) < 4.78 is 10.0. The van der Waals surface area contributed by atoms with Gasteiger partial charge < -0.3 is 20.5 Å². The summed E-state index contributed by atoms with van der Waals surface area (Å²) in [5.74, 6) is -0.393. The molecule has 0 fully saturated rings. The van der Waals surface area contributed by atoms with E-state index in [1.54, 1.807) is 20.8 Å². The van der Waals surface area contributed by atoms with Crippen LogP contribution < -0.4 is 11.1 Å². The molecular formula is C18H28N2O4. The monoisotopic (exact) mass is 336 g/mol. The number of methoxy groups -OCH3 is 1. The highest BCUT2D eigenvalue weighted by molar-refractivity contribution is 5.73. The van der Waals surface area contributed by atoms with E-state index in [2.05, 4.69) is 5.32 Å². The van der Waals surface area contributed by atoms with Crippen molar-refractivity contribution < 1.29 is 19.1 Å². The van der Waals surface area contributed by atoms with Crippen molar-refractivity contribution in [2.45, 2.75) is 59.1 Å². The molecule has 0 saturated heterocycles. The Morgan fingerprint density at radius 3 is 2.42 bits per heavy atom. The molecule has 6 nitrogen and oxygen atoms in total. The van der Waals surface area contributed by atoms with Gasteiger partial charge in [-0.05, 0) is 63.8 Å². The number of anilines is 1. The summed E-state index contributed by atoms with van der Waals surface area (Å²) in [6.07, 6.45) is -0.0314. The number of benzene rings is 1. The maximum Gasteiger partial charge on any atom is 0.407 e. The molecule has 134 valence electrons. The van der Waals surface area contributed by atoms with Crippen LogP contribution in [0.2, 0.25) is 0 Å². The summed E-state index contributed by atoms with van der Waals surface area (Å²) in [7, 11) is 1.32. The summed E-state index contributed by atoms with van der Waals surface area (Å²) >= 11 is 0. The zero-order chi connectivity index (χ0) is 18.5. The first-order chi connectivity index (χ1) is 11.0. The first kappa shape index (κ1) is 19.8. The molecule has 6 heteroatoms. The van der Waals surface area contributed by atoms with E-state index in [4.69, 9.17) is 15.2 Å². The van der Waals surface area contributed by atoms with Crippen molar-refractivity contribution in [2.24, 2.45) is 0 Å². The second-order valence-electron chi connectivity index (χ2n) is 6.90. The Morgan fingerprint density at radius 1 is 1.25 bits per heavy atom. The van der Waals surface area contributed by atoms with Crippen molar-refractivity contribution in [3.63, 3.8) is 0 Å². The number of carbonyl (C=O) groups excluding carboxylic acids is 2. The van der Waals surface area contributed by atoms with Gasteiger partial charge in [-0.15, -0.1) is 0 Å². The Morgan fingerprint density at radius 2 is 1.88 bits per heavy atom. The van der Waals surface area contributed by atoms with Crippen LogP contribution >= 0.6 is 0 Å². The van der Waals surface area contributed by atoms with Crippen molar-refractivity contribution in [3.8, 4) is 0 Å². The van der Waals surface area contributed by atoms with Crippen molar-refractivity contribution in [1.29, 1.82) is 0 Å². The number of hydrogen-bond donors (Lipinski definition) is 2. The van der Waals surface area contributed by atoms with Gasteiger partial charge in [0.2, 0.25) is 0 Å². The summed E-state index contributed by atoms with van der Waals surface area (Å²) in [4.78, 5) is 23.7. The van der Waals surface area contributed by atoms with Gasteiger partial charge in [-0.25, -0.2) is 4.79 Å². The number of nitrogens with one attached hydrogen (secondary N) is 1. The summed E-state index contributed by atoms with van der Waals surface area (Å²) in [5, 5.41) is 2.76. The molecule has 1 atom stereocenters. The second-order valence-corrected chi connectivity index (χ2v) is 6.90. The Hall–Kier alpha value is -2.24. The number of esters is 1. The van der Waals surface area contributed by atoms with Gasteiger partial charge in [0.25, 0.3) is 0 Å². The number of nitrogen functional groups attached to an aromatic ring is 1. The van der Waals surface area contributed by atoms with Crippen molar-refractivity contribution in [2.75, 3.05) is 12.8 Å². The molecule has 1 aromatic rings. The van der Waals surface area contributed by atoms with Gasteiger partial charge >= 0.3 is 12.1 Å². The minimum atomic E-state index is -0.608. The van der Waals surface area contributed by atoms with Gasteiger partial charge in [0.15, 0.2) is 0 Å². The summed E-state index contributed by atoms with van der Waals surface area (Å²) in [5.41, 5.74) is 9.08. The van der Waals surface area contributed by atoms with Crippen molar-refractivity contribution in [3.05, 3.63) is 28.8 Å². The van der Waals surface area contributed by atoms with E-state index < -0.39 is 23.7 Å². The lowest BCUT2D eigenvalue weighted by atomic mass is 9.94. The topological polar surface area (TPSA) is 90.6 Å². The number of amides is 1. The molecule has 0 aliphatic rings. The molecule has 1 unspecified atom stereocenters. The fourth-order valence-electron chi connectivity index (χ4n) is 2.40. The summed E-state index contributed by atoms with van der Waals surface area (Å²) in [6, 6.07) is 3.34. The lowest BCUT2D eigenvalue weighted by Crippen LogP contribution is -2.41. The van der Waals surface area contributed by atoms with Crippen LogP contribution in [0.5, 0.6) is 0 Å². The molecule has 3 N–H and O–H groups in total. The highest BCUT2D eigenvalue weighted by atomic mass is 16.6. The average Bonchev–Trinajstić information content (AvgIpc) is 2.45. The number of carbonyl (C=O) groups is 2. The molecule has 24 heavy (non-hydrogen) atoms. The van der Waals surface area contributed by atoms with Gasteiger partial charge in [0, 0.05) is 11.7 Å². The van der Waals surface area contributed by atoms with E-state index >= 15 is 0 Å². The van der Waals surface area contributed by atoms with Crippen molar-refractivity contribution >= 4 is 17.7 Å². The third-order valence-electron chi connectivity index (χ3n) is 3.69. The number of alkyl carbamates (subject to hydrolysis) is 1. The SMILES string of the molecule is COC(=O)CC(Cc1c(C)ccc(N)c1C)NC(=O)OC(C)(C)C. The van der Waals surface area contributed by atoms with Gasteiger partial charge in [-0.3, -0.25) is 4.79 Å². The smallest absolute Gasteiger partial charge is 0.407 e. The third-order valence-corrected chi connectivity index (χ3v) is 3.69. The Bertz CT molecular complexity index is 606. The number of hydrogen-bond acceptors (Lipinski definition) is 5. The minimum Gasteiger partial charge on any atom is -0.469 e. The maximum absolute atomic E-state index is 12.1. The largest absolute Gasteiger partial charge is 0.469 e. The van der Waals surface area contributed by atoms with E-state index in [1.165, 1.54) is 7.11 Å². The van der Waals surface area contributed by atoms with E-state index in [0.717, 1.165) is 16.7 Å². The molecule has 0 bridgehead atoms. The number of ether oxygens (including phenoxy) is 2. The van der Waals surface area contributed by atoms with Crippen LogP contribution in [0.25, 0.3) is 0 Å². The van der Waals surface area contributed by atoms with Crippen LogP contribution in [0.4, 0.5) is 10.5 Å². The predicted octanol–water partition coefficient (Wildman–Crippen LogP) is 2.88. The molecule has 1 amide bonds. The quantitative estimate of drug-likeness (QED) is 0.637. The van der Waals surface area contributed by atoms with Crippen LogP contribution in [0.15, 0.2) is 12.1 Å². The first-order valence-corrected chi connectivity index (χ1v) is 7.94. The van der Waals surface area contributed by atoms with E-state index in [9.17, 15) is 9.59 Å². The molecule has 0 aliphatic carbocycles. The van der Waals surface area contributed by atoms with E-state index in [1.807, 2.05) is 26.0 Å². The normalized spacial score (nSPS) is 12.4. The highest BCUT2D eigenvalue weighted by Gasteiger charge is 2.23. The molecule has 0 aliphatic heterocycles. The summed E-state index contributed by atoms with van der Waals surface area (Å²) in [6.45, 7) is 9.26. The number of aryl methyl sites for hydroxylation is 1. The van der Waals surface area contributed by atoms with Crippen LogP contribution in [0, 0.1) is 13.8 Å². The maximum atomic E-state index is 12.1. The van der Waals surface area contributed by atoms with Gasteiger partial charge in [-0.1, -0.05) is 6.07 Å². The minimum absolute atomic E-state index is 0.0590. The molecule has 0 radical (unpaired) electrons. The lowest BCUT2D eigenvalue weighted by Gasteiger charge is -2.24. The molecule has 1 rings (SSSR count). The Labute approximate surface area is 143 Å². The third kappa shape index (κ3) is 6.10. The molecule has 0 saturated carbocycles. The Balaban J connectivity index is 2.97. The van der Waals surface area contributed by atoms with Crippen molar-refractivity contribution in [1.82, 2.24) is 5.32 Å². The van der Waals surface area contributed by atoms with Crippen LogP contribution in [-0.2, 0) is 20.7 Å². The lowest BCUT2D eigenvalue weighted by molar-refractivity contribution is -0.141. The fourth-order valence-corrected chi connectivity index (χ4v) is 2.40. The predicted molar refractivity (Wildman–Crippen MR) is 93.8 cm³/mol. The fraction of sp³-hybridized carbons (Fsp3) is 0.556. The standard InChI is InChI=1S/C18H28N2O4/c1-11-7-8-15(19)12(2)14(11)9-13(10-16(21)23-6)20-17(22)24-18(3,4)5/h7-8,13H,9-10,19H2,1-6H3,(H,20,22). The zero-order valence-corrected chi connectivity index (χ0v) is 15.4. The first-order valence-electron chi connectivity index (χ1n) is 7.94. The van der Waals surface area contributed by atoms with Gasteiger partial charge in [0.05, 0.1) is 13.5 Å². The molecule has 0 spiro atoms.